The molecule has 100 valence electrons. The van der Waals surface area contributed by atoms with E-state index in [0.29, 0.717) is 5.13 Å². The maximum atomic E-state index is 5.76. The first kappa shape index (κ1) is 12.5. The van der Waals surface area contributed by atoms with Crippen molar-refractivity contribution in [1.29, 1.82) is 0 Å². The summed E-state index contributed by atoms with van der Waals surface area (Å²) in [5, 5.41) is 9.29. The lowest BCUT2D eigenvalue weighted by molar-refractivity contribution is -0.0332. The van der Waals surface area contributed by atoms with Crippen molar-refractivity contribution in [2.75, 3.05) is 25.4 Å². The molecule has 0 bridgehead atoms. The smallest absolute Gasteiger partial charge is 0.203 e. The predicted octanol–water partition coefficient (Wildman–Crippen LogP) is 1.69. The second kappa shape index (κ2) is 5.64. The molecule has 0 saturated carbocycles. The zero-order valence-electron chi connectivity index (χ0n) is 10.5. The number of aromatic nitrogens is 2. The largest absolute Gasteiger partial charge is 0.374 e. The van der Waals surface area contributed by atoms with Crippen LogP contribution in [-0.2, 0) is 11.3 Å². The minimum atomic E-state index is -0.00716. The van der Waals surface area contributed by atoms with E-state index in [2.05, 4.69) is 39.4 Å². The lowest BCUT2D eigenvalue weighted by Gasteiger charge is -2.31. The van der Waals surface area contributed by atoms with Crippen molar-refractivity contribution in [3.8, 4) is 0 Å². The fourth-order valence-corrected chi connectivity index (χ4v) is 2.87. The number of ether oxygens (including phenoxy) is 1. The standard InChI is InChI=1S/C13H16N4OS/c14-13-16-15-12(19-13)11-9-17(6-7-18-11)8-10-4-2-1-3-5-10/h1-5,11H,6-9H2,(H2,14,16). The Kier molecular flexibility index (Phi) is 3.72. The van der Waals surface area contributed by atoms with Crippen molar-refractivity contribution in [2.24, 2.45) is 0 Å². The number of anilines is 1. The van der Waals surface area contributed by atoms with E-state index in [1.54, 1.807) is 0 Å². The normalized spacial score (nSPS) is 20.5. The lowest BCUT2D eigenvalue weighted by atomic mass is 10.2. The van der Waals surface area contributed by atoms with Gasteiger partial charge in [0.1, 0.15) is 11.1 Å². The van der Waals surface area contributed by atoms with Gasteiger partial charge in [0.05, 0.1) is 6.61 Å². The van der Waals surface area contributed by atoms with Crippen molar-refractivity contribution >= 4 is 16.5 Å². The summed E-state index contributed by atoms with van der Waals surface area (Å²) in [4.78, 5) is 2.38. The molecule has 5 nitrogen and oxygen atoms in total. The number of hydrogen-bond donors (Lipinski definition) is 1. The minimum absolute atomic E-state index is 0.00716. The van der Waals surface area contributed by atoms with Crippen LogP contribution in [-0.4, -0.2) is 34.8 Å². The van der Waals surface area contributed by atoms with Gasteiger partial charge in [-0.15, -0.1) is 10.2 Å². The van der Waals surface area contributed by atoms with Gasteiger partial charge in [0.25, 0.3) is 0 Å². The zero-order valence-corrected chi connectivity index (χ0v) is 11.3. The molecule has 1 atom stereocenters. The second-order valence-corrected chi connectivity index (χ2v) is 5.60. The molecular weight excluding hydrogens is 260 g/mol. The van der Waals surface area contributed by atoms with Crippen molar-refractivity contribution in [2.45, 2.75) is 12.6 Å². The number of nitrogens with zero attached hydrogens (tertiary/aromatic N) is 3. The van der Waals surface area contributed by atoms with E-state index < -0.39 is 0 Å². The first-order valence-electron chi connectivity index (χ1n) is 6.28. The Balaban J connectivity index is 1.65. The van der Waals surface area contributed by atoms with Gasteiger partial charge in [0.15, 0.2) is 0 Å². The lowest BCUT2D eigenvalue weighted by Crippen LogP contribution is -2.37. The van der Waals surface area contributed by atoms with Gasteiger partial charge in [-0.25, -0.2) is 0 Å². The summed E-state index contributed by atoms with van der Waals surface area (Å²) in [6.45, 7) is 3.44. The highest BCUT2D eigenvalue weighted by atomic mass is 32.1. The summed E-state index contributed by atoms with van der Waals surface area (Å²) in [6.07, 6.45) is -0.00716. The Morgan fingerprint density at radius 1 is 1.32 bits per heavy atom. The van der Waals surface area contributed by atoms with Crippen LogP contribution in [0.1, 0.15) is 16.7 Å². The Labute approximate surface area is 116 Å². The maximum absolute atomic E-state index is 5.76. The molecule has 0 spiro atoms. The molecule has 2 N–H and O–H groups in total. The van der Waals surface area contributed by atoms with Crippen molar-refractivity contribution in [1.82, 2.24) is 15.1 Å². The summed E-state index contributed by atoms with van der Waals surface area (Å²) in [5.74, 6) is 0. The molecule has 1 aromatic heterocycles. The predicted molar refractivity (Wildman–Crippen MR) is 74.7 cm³/mol. The molecule has 1 saturated heterocycles. The molecule has 19 heavy (non-hydrogen) atoms. The highest BCUT2D eigenvalue weighted by Crippen LogP contribution is 2.26. The van der Waals surface area contributed by atoms with E-state index in [-0.39, 0.29) is 6.10 Å². The quantitative estimate of drug-likeness (QED) is 0.924. The third-order valence-corrected chi connectivity index (χ3v) is 3.98. The fraction of sp³-hybridized carbons (Fsp3) is 0.385. The highest BCUT2D eigenvalue weighted by Gasteiger charge is 2.24. The first-order valence-corrected chi connectivity index (χ1v) is 7.09. The SMILES string of the molecule is Nc1nnc(C2CN(Cc3ccccc3)CCO2)s1. The fourth-order valence-electron chi connectivity index (χ4n) is 2.21. The third kappa shape index (κ3) is 3.09. The number of nitrogen functional groups attached to an aromatic ring is 1. The summed E-state index contributed by atoms with van der Waals surface area (Å²) in [6, 6.07) is 10.5. The van der Waals surface area contributed by atoms with Crippen molar-refractivity contribution < 1.29 is 4.74 Å². The van der Waals surface area contributed by atoms with Crippen LogP contribution in [0.15, 0.2) is 30.3 Å². The van der Waals surface area contributed by atoms with Gasteiger partial charge in [-0.05, 0) is 5.56 Å². The Bertz CT molecular complexity index is 530. The molecule has 2 heterocycles. The summed E-state index contributed by atoms with van der Waals surface area (Å²) >= 11 is 1.41. The van der Waals surface area contributed by atoms with Crippen LogP contribution in [0.4, 0.5) is 5.13 Å². The zero-order chi connectivity index (χ0) is 13.1. The van der Waals surface area contributed by atoms with E-state index >= 15 is 0 Å². The van der Waals surface area contributed by atoms with Gasteiger partial charge in [0.2, 0.25) is 5.13 Å². The molecule has 1 aliphatic rings. The molecule has 3 rings (SSSR count). The molecule has 0 radical (unpaired) electrons. The van der Waals surface area contributed by atoms with Crippen molar-refractivity contribution in [3.05, 3.63) is 40.9 Å². The van der Waals surface area contributed by atoms with Gasteiger partial charge in [-0.1, -0.05) is 41.7 Å². The van der Waals surface area contributed by atoms with E-state index in [0.717, 1.165) is 31.2 Å². The Hall–Kier alpha value is -1.50. The summed E-state index contributed by atoms with van der Waals surface area (Å²) in [7, 11) is 0. The first-order chi connectivity index (χ1) is 9.31. The molecule has 1 unspecified atom stereocenters. The number of nitrogens with two attached hydrogens (primary N) is 1. The van der Waals surface area contributed by atoms with Gasteiger partial charge < -0.3 is 10.5 Å². The number of rotatable bonds is 3. The molecule has 1 fully saturated rings. The van der Waals surface area contributed by atoms with E-state index in [1.165, 1.54) is 16.9 Å². The molecule has 1 aliphatic heterocycles. The third-order valence-electron chi connectivity index (χ3n) is 3.13. The van der Waals surface area contributed by atoms with E-state index in [9.17, 15) is 0 Å². The molecule has 0 aliphatic carbocycles. The maximum Gasteiger partial charge on any atom is 0.203 e. The van der Waals surface area contributed by atoms with Crippen LogP contribution in [0.2, 0.25) is 0 Å². The van der Waals surface area contributed by atoms with Crippen LogP contribution in [0, 0.1) is 0 Å². The van der Waals surface area contributed by atoms with E-state index in [4.69, 9.17) is 10.5 Å². The Morgan fingerprint density at radius 2 is 2.16 bits per heavy atom. The second-order valence-electron chi connectivity index (χ2n) is 4.56. The van der Waals surface area contributed by atoms with Crippen LogP contribution in [0.25, 0.3) is 0 Å². The molecule has 2 aromatic rings. The average molecular weight is 276 g/mol. The van der Waals surface area contributed by atoms with Gasteiger partial charge in [-0.2, -0.15) is 0 Å². The molecular formula is C13H16N4OS. The monoisotopic (exact) mass is 276 g/mol. The van der Waals surface area contributed by atoms with Crippen molar-refractivity contribution in [3.63, 3.8) is 0 Å². The summed E-state index contributed by atoms with van der Waals surface area (Å²) < 4.78 is 5.76. The minimum Gasteiger partial charge on any atom is -0.374 e. The van der Waals surface area contributed by atoms with Gasteiger partial charge in [-0.3, -0.25) is 4.90 Å². The van der Waals surface area contributed by atoms with Crippen LogP contribution >= 0.6 is 11.3 Å². The summed E-state index contributed by atoms with van der Waals surface area (Å²) in [5.41, 5.74) is 6.94. The van der Waals surface area contributed by atoms with Crippen LogP contribution in [0.3, 0.4) is 0 Å². The topological polar surface area (TPSA) is 64.3 Å². The molecule has 0 amide bonds. The number of benzene rings is 1. The van der Waals surface area contributed by atoms with Gasteiger partial charge >= 0.3 is 0 Å². The Morgan fingerprint density at radius 3 is 2.89 bits per heavy atom. The number of hydrogen-bond acceptors (Lipinski definition) is 6. The van der Waals surface area contributed by atoms with Gasteiger partial charge in [0, 0.05) is 19.6 Å². The molecule has 1 aromatic carbocycles. The molecule has 6 heteroatoms. The van der Waals surface area contributed by atoms with Crippen LogP contribution in [0.5, 0.6) is 0 Å². The van der Waals surface area contributed by atoms with Crippen LogP contribution < -0.4 is 5.73 Å². The number of morpholine rings is 1. The van der Waals surface area contributed by atoms with E-state index in [1.807, 2.05) is 6.07 Å². The highest BCUT2D eigenvalue weighted by molar-refractivity contribution is 7.15. The average Bonchev–Trinajstić information content (AvgIpc) is 2.87.